The molecule has 1 atom stereocenters. The van der Waals surface area contributed by atoms with Crippen LogP contribution in [0.3, 0.4) is 0 Å². The molecule has 0 aliphatic carbocycles. The predicted molar refractivity (Wildman–Crippen MR) is 64.5 cm³/mol. The number of nitrogens with zero attached hydrogens (tertiary/aromatic N) is 6. The largest absolute Gasteiger partial charge is 0.394 e. The second-order valence-corrected chi connectivity index (χ2v) is 3.84. The van der Waals surface area contributed by atoms with Gasteiger partial charge in [0.25, 0.3) is 5.95 Å². The highest BCUT2D eigenvalue weighted by atomic mass is 35.5. The normalized spacial score (nSPS) is 12.4. The summed E-state index contributed by atoms with van der Waals surface area (Å²) in [5, 5.41) is 16.0. The number of aromatic nitrogens is 6. The van der Waals surface area contributed by atoms with Crippen LogP contribution in [-0.4, -0.2) is 47.5 Å². The number of hydrogen-bond acceptors (Lipinski definition) is 7. The smallest absolute Gasteiger partial charge is 0.258 e. The Morgan fingerprint density at radius 3 is 2.89 bits per heavy atom. The second-order valence-electron chi connectivity index (χ2n) is 3.50. The molecule has 0 aromatic carbocycles. The summed E-state index contributed by atoms with van der Waals surface area (Å²) in [5.74, 6) is 0.559. The summed E-state index contributed by atoms with van der Waals surface area (Å²) in [5.41, 5.74) is 0. The highest BCUT2D eigenvalue weighted by Crippen LogP contribution is 2.10. The Kier molecular flexibility index (Phi) is 4.00. The summed E-state index contributed by atoms with van der Waals surface area (Å²) >= 11 is 5.81. The maximum atomic E-state index is 9.12. The van der Waals surface area contributed by atoms with E-state index in [9.17, 15) is 0 Å². The van der Waals surface area contributed by atoms with Crippen LogP contribution < -0.4 is 5.32 Å². The van der Waals surface area contributed by atoms with Crippen molar-refractivity contribution in [3.8, 4) is 5.95 Å². The highest BCUT2D eigenvalue weighted by molar-refractivity contribution is 6.28. The van der Waals surface area contributed by atoms with Crippen LogP contribution in [0.25, 0.3) is 5.95 Å². The van der Waals surface area contributed by atoms with Crippen molar-refractivity contribution in [1.82, 2.24) is 29.7 Å². The topological polar surface area (TPSA) is 102 Å². The van der Waals surface area contributed by atoms with E-state index >= 15 is 0 Å². The van der Waals surface area contributed by atoms with E-state index in [1.165, 1.54) is 17.3 Å². The maximum Gasteiger partial charge on any atom is 0.258 e. The van der Waals surface area contributed by atoms with Gasteiger partial charge < -0.3 is 10.4 Å². The Morgan fingerprint density at radius 2 is 2.28 bits per heavy atom. The zero-order valence-corrected chi connectivity index (χ0v) is 10.4. The molecule has 0 fully saturated rings. The van der Waals surface area contributed by atoms with Crippen molar-refractivity contribution in [2.45, 2.75) is 19.4 Å². The number of aliphatic hydroxyl groups excluding tert-OH is 1. The molecule has 0 bridgehead atoms. The molecule has 0 aliphatic rings. The number of hydrogen-bond donors (Lipinski definition) is 2. The molecular weight excluding hydrogens is 258 g/mol. The summed E-state index contributed by atoms with van der Waals surface area (Å²) in [6, 6.07) is -0.132. The maximum absolute atomic E-state index is 9.12. The first kappa shape index (κ1) is 12.7. The van der Waals surface area contributed by atoms with E-state index in [1.54, 1.807) is 0 Å². The number of rotatable bonds is 5. The summed E-state index contributed by atoms with van der Waals surface area (Å²) in [6.45, 7) is 1.92. The van der Waals surface area contributed by atoms with Gasteiger partial charge in [-0.05, 0) is 18.0 Å². The fourth-order valence-electron chi connectivity index (χ4n) is 1.28. The van der Waals surface area contributed by atoms with Crippen molar-refractivity contribution in [3.63, 3.8) is 0 Å². The van der Waals surface area contributed by atoms with Crippen molar-refractivity contribution in [3.05, 3.63) is 17.9 Å². The fraction of sp³-hybridized carbons (Fsp3) is 0.444. The predicted octanol–water partition coefficient (Wildman–Crippen LogP) is 0.288. The Balaban J connectivity index is 2.27. The third-order valence-corrected chi connectivity index (χ3v) is 2.44. The molecule has 0 saturated heterocycles. The van der Waals surface area contributed by atoms with E-state index in [1.807, 2.05) is 6.92 Å². The molecule has 2 heterocycles. The third-order valence-electron chi connectivity index (χ3n) is 2.27. The molecule has 9 heteroatoms. The van der Waals surface area contributed by atoms with Crippen LogP contribution in [0, 0.1) is 0 Å². The Morgan fingerprint density at radius 1 is 1.44 bits per heavy atom. The number of aliphatic hydroxyl groups is 1. The van der Waals surface area contributed by atoms with Crippen LogP contribution in [0.2, 0.25) is 5.28 Å². The van der Waals surface area contributed by atoms with Crippen LogP contribution >= 0.6 is 11.6 Å². The number of halogens is 1. The summed E-state index contributed by atoms with van der Waals surface area (Å²) < 4.78 is 1.37. The van der Waals surface area contributed by atoms with E-state index in [2.05, 4.69) is 30.4 Å². The molecule has 2 N–H and O–H groups in total. The van der Waals surface area contributed by atoms with Crippen molar-refractivity contribution in [1.29, 1.82) is 0 Å². The van der Waals surface area contributed by atoms with Crippen molar-refractivity contribution in [2.75, 3.05) is 11.9 Å². The van der Waals surface area contributed by atoms with Gasteiger partial charge in [0.15, 0.2) is 0 Å². The third kappa shape index (κ3) is 2.90. The molecular formula is C9H12ClN7O. The second kappa shape index (κ2) is 5.69. The van der Waals surface area contributed by atoms with E-state index in [0.29, 0.717) is 5.95 Å². The lowest BCUT2D eigenvalue weighted by Crippen LogP contribution is -2.24. The van der Waals surface area contributed by atoms with Crippen molar-refractivity contribution >= 4 is 17.5 Å². The van der Waals surface area contributed by atoms with Crippen LogP contribution in [0.15, 0.2) is 12.7 Å². The standard InChI is InChI=1S/C9H12ClN7O/c1-2-6(3-18)13-8-14-7(10)15-9(16-8)17-5-11-4-12-17/h4-6,18H,2-3H2,1H3,(H,13,14,15,16). The summed E-state index contributed by atoms with van der Waals surface area (Å²) in [7, 11) is 0. The lowest BCUT2D eigenvalue weighted by molar-refractivity contribution is 0.271. The van der Waals surface area contributed by atoms with Gasteiger partial charge in [0, 0.05) is 0 Å². The van der Waals surface area contributed by atoms with Gasteiger partial charge in [0.1, 0.15) is 12.7 Å². The minimum Gasteiger partial charge on any atom is -0.394 e. The lowest BCUT2D eigenvalue weighted by Gasteiger charge is -2.13. The molecule has 0 amide bonds. The van der Waals surface area contributed by atoms with E-state index in [0.717, 1.165) is 6.42 Å². The van der Waals surface area contributed by atoms with Crippen LogP contribution in [0.4, 0.5) is 5.95 Å². The van der Waals surface area contributed by atoms with Gasteiger partial charge in [0.2, 0.25) is 11.2 Å². The average Bonchev–Trinajstić information content (AvgIpc) is 2.89. The van der Waals surface area contributed by atoms with E-state index in [-0.39, 0.29) is 23.9 Å². The molecule has 0 spiro atoms. The van der Waals surface area contributed by atoms with Gasteiger partial charge in [0.05, 0.1) is 12.6 Å². The van der Waals surface area contributed by atoms with Gasteiger partial charge in [-0.15, -0.1) is 0 Å². The Labute approximate surface area is 108 Å². The average molecular weight is 270 g/mol. The molecule has 0 aliphatic heterocycles. The van der Waals surface area contributed by atoms with Gasteiger partial charge in [-0.25, -0.2) is 4.98 Å². The van der Waals surface area contributed by atoms with Crippen LogP contribution in [0.5, 0.6) is 0 Å². The molecule has 2 aromatic rings. The lowest BCUT2D eigenvalue weighted by atomic mass is 10.2. The van der Waals surface area contributed by atoms with E-state index in [4.69, 9.17) is 16.7 Å². The molecule has 18 heavy (non-hydrogen) atoms. The Hall–Kier alpha value is -1.80. The van der Waals surface area contributed by atoms with Gasteiger partial charge in [-0.3, -0.25) is 0 Å². The minimum atomic E-state index is -0.132. The summed E-state index contributed by atoms with van der Waals surface area (Å²) in [6.07, 6.45) is 3.56. The van der Waals surface area contributed by atoms with Crippen LogP contribution in [0.1, 0.15) is 13.3 Å². The molecule has 0 saturated carbocycles. The number of anilines is 1. The fourth-order valence-corrected chi connectivity index (χ4v) is 1.43. The van der Waals surface area contributed by atoms with Crippen LogP contribution in [-0.2, 0) is 0 Å². The quantitative estimate of drug-likeness (QED) is 0.804. The van der Waals surface area contributed by atoms with Crippen molar-refractivity contribution < 1.29 is 5.11 Å². The first-order valence-electron chi connectivity index (χ1n) is 5.37. The molecule has 0 radical (unpaired) electrons. The van der Waals surface area contributed by atoms with Gasteiger partial charge >= 0.3 is 0 Å². The Bertz CT molecular complexity index is 500. The SMILES string of the molecule is CCC(CO)Nc1nc(Cl)nc(-n2cncn2)n1. The van der Waals surface area contributed by atoms with Gasteiger partial charge in [-0.2, -0.15) is 24.7 Å². The first-order valence-corrected chi connectivity index (χ1v) is 5.74. The van der Waals surface area contributed by atoms with Crippen molar-refractivity contribution in [2.24, 2.45) is 0 Å². The monoisotopic (exact) mass is 269 g/mol. The molecule has 2 aromatic heterocycles. The molecule has 2 rings (SSSR count). The molecule has 8 nitrogen and oxygen atoms in total. The molecule has 1 unspecified atom stereocenters. The zero-order valence-electron chi connectivity index (χ0n) is 9.65. The summed E-state index contributed by atoms with van der Waals surface area (Å²) in [4.78, 5) is 15.8. The number of nitrogens with one attached hydrogen (secondary N) is 1. The molecule has 96 valence electrons. The van der Waals surface area contributed by atoms with E-state index < -0.39 is 0 Å². The van der Waals surface area contributed by atoms with Gasteiger partial charge in [-0.1, -0.05) is 6.92 Å². The minimum absolute atomic E-state index is 0.0154. The first-order chi connectivity index (χ1) is 8.72. The zero-order chi connectivity index (χ0) is 13.0. The highest BCUT2D eigenvalue weighted by Gasteiger charge is 2.10.